The molecule has 0 atom stereocenters. The number of rotatable bonds is 8. The average molecular weight is 418 g/mol. The summed E-state index contributed by atoms with van der Waals surface area (Å²) in [6.45, 7) is 0.444. The summed E-state index contributed by atoms with van der Waals surface area (Å²) in [6, 6.07) is 15.9. The summed E-state index contributed by atoms with van der Waals surface area (Å²) in [5, 5.41) is 16.5. The number of aromatic nitrogens is 3. The van der Waals surface area contributed by atoms with Gasteiger partial charge >= 0.3 is 0 Å². The second-order valence-electron chi connectivity index (χ2n) is 5.90. The monoisotopic (exact) mass is 417 g/mol. The average Bonchev–Trinajstić information content (AvgIpc) is 3.15. The number of carbonyl (C=O) groups excluding carboxylic acids is 1. The van der Waals surface area contributed by atoms with Crippen molar-refractivity contribution >= 4 is 27.7 Å². The number of nitrogens with zero attached hydrogens (tertiary/aromatic N) is 3. The van der Waals surface area contributed by atoms with Crippen LogP contribution in [-0.4, -0.2) is 41.4 Å². The minimum atomic E-state index is -3.69. The molecular formula is C18H19N5O3S2. The Labute approximate surface area is 167 Å². The van der Waals surface area contributed by atoms with Crippen LogP contribution in [0.15, 0.2) is 71.0 Å². The zero-order valence-electron chi connectivity index (χ0n) is 14.9. The van der Waals surface area contributed by atoms with E-state index in [-0.39, 0.29) is 16.6 Å². The van der Waals surface area contributed by atoms with E-state index in [0.29, 0.717) is 18.1 Å². The van der Waals surface area contributed by atoms with E-state index in [4.69, 9.17) is 5.14 Å². The fourth-order valence-electron chi connectivity index (χ4n) is 2.46. The minimum absolute atomic E-state index is 0.0687. The first-order chi connectivity index (χ1) is 13.4. The van der Waals surface area contributed by atoms with Gasteiger partial charge in [-0.05, 0) is 36.2 Å². The maximum atomic E-state index is 12.1. The van der Waals surface area contributed by atoms with E-state index in [0.717, 1.165) is 11.3 Å². The van der Waals surface area contributed by atoms with Crippen LogP contribution in [0, 0.1) is 0 Å². The standard InChI is InChI=1S/C18H19N5O3S2/c19-28(25,26)16-8-6-14(7-9-16)10-11-20-17(24)12-27-18-22-21-13-23(18)15-4-2-1-3-5-15/h1-9,13H,10-12H2,(H,20,24)(H2,19,25,26). The van der Waals surface area contributed by atoms with Crippen LogP contribution in [0.2, 0.25) is 0 Å². The number of nitrogens with one attached hydrogen (secondary N) is 1. The number of hydrogen-bond donors (Lipinski definition) is 2. The molecule has 10 heteroatoms. The molecule has 3 aromatic rings. The SMILES string of the molecule is NS(=O)(=O)c1ccc(CCNC(=O)CSc2nncn2-c2ccccc2)cc1. The zero-order chi connectivity index (χ0) is 20.0. The van der Waals surface area contributed by atoms with Crippen molar-refractivity contribution in [2.24, 2.45) is 5.14 Å². The summed E-state index contributed by atoms with van der Waals surface area (Å²) in [7, 11) is -3.69. The van der Waals surface area contributed by atoms with Gasteiger partial charge in [0.25, 0.3) is 0 Å². The fraction of sp³-hybridized carbons (Fsp3) is 0.167. The first-order valence-corrected chi connectivity index (χ1v) is 10.9. The summed E-state index contributed by atoms with van der Waals surface area (Å²) in [5.74, 6) is 0.101. The van der Waals surface area contributed by atoms with Crippen molar-refractivity contribution in [3.05, 3.63) is 66.5 Å². The lowest BCUT2D eigenvalue weighted by molar-refractivity contribution is -0.118. The summed E-state index contributed by atoms with van der Waals surface area (Å²) in [5.41, 5.74) is 1.84. The van der Waals surface area contributed by atoms with Gasteiger partial charge in [-0.2, -0.15) is 0 Å². The first kappa shape index (κ1) is 20.1. The molecule has 1 amide bonds. The lowest BCUT2D eigenvalue weighted by Gasteiger charge is -2.07. The van der Waals surface area contributed by atoms with E-state index in [9.17, 15) is 13.2 Å². The van der Waals surface area contributed by atoms with Gasteiger partial charge in [0.1, 0.15) is 6.33 Å². The normalized spacial score (nSPS) is 11.3. The van der Waals surface area contributed by atoms with Crippen molar-refractivity contribution in [1.82, 2.24) is 20.1 Å². The largest absolute Gasteiger partial charge is 0.355 e. The van der Waals surface area contributed by atoms with Crippen molar-refractivity contribution in [2.45, 2.75) is 16.5 Å². The Morgan fingerprint density at radius 2 is 1.82 bits per heavy atom. The Balaban J connectivity index is 1.46. The number of amides is 1. The van der Waals surface area contributed by atoms with Crippen molar-refractivity contribution in [3.63, 3.8) is 0 Å². The summed E-state index contributed by atoms with van der Waals surface area (Å²) >= 11 is 1.30. The van der Waals surface area contributed by atoms with Gasteiger partial charge < -0.3 is 5.32 Å². The van der Waals surface area contributed by atoms with E-state index in [1.807, 2.05) is 34.9 Å². The molecule has 0 fully saturated rings. The molecule has 0 aliphatic heterocycles. The van der Waals surface area contributed by atoms with Gasteiger partial charge in [0.2, 0.25) is 15.9 Å². The van der Waals surface area contributed by atoms with E-state index in [2.05, 4.69) is 15.5 Å². The number of hydrogen-bond acceptors (Lipinski definition) is 6. The van der Waals surface area contributed by atoms with Gasteiger partial charge in [-0.15, -0.1) is 10.2 Å². The molecule has 1 aromatic heterocycles. The van der Waals surface area contributed by atoms with Crippen molar-refractivity contribution in [1.29, 1.82) is 0 Å². The van der Waals surface area contributed by atoms with E-state index in [1.165, 1.54) is 23.9 Å². The molecule has 28 heavy (non-hydrogen) atoms. The van der Waals surface area contributed by atoms with Gasteiger partial charge in [0.15, 0.2) is 5.16 Å². The second-order valence-corrected chi connectivity index (χ2v) is 8.40. The lowest BCUT2D eigenvalue weighted by atomic mass is 10.1. The molecule has 0 saturated heterocycles. The smallest absolute Gasteiger partial charge is 0.238 e. The lowest BCUT2D eigenvalue weighted by Crippen LogP contribution is -2.27. The highest BCUT2D eigenvalue weighted by molar-refractivity contribution is 7.99. The van der Waals surface area contributed by atoms with Crippen molar-refractivity contribution < 1.29 is 13.2 Å². The quantitative estimate of drug-likeness (QED) is 0.534. The van der Waals surface area contributed by atoms with Crippen molar-refractivity contribution in [2.75, 3.05) is 12.3 Å². The van der Waals surface area contributed by atoms with Gasteiger partial charge in [-0.1, -0.05) is 42.1 Å². The summed E-state index contributed by atoms with van der Waals surface area (Å²) in [4.78, 5) is 12.1. The fourth-order valence-corrected chi connectivity index (χ4v) is 3.74. The molecule has 3 N–H and O–H groups in total. The Morgan fingerprint density at radius 3 is 2.50 bits per heavy atom. The summed E-state index contributed by atoms with van der Waals surface area (Å²) in [6.07, 6.45) is 2.20. The van der Waals surface area contributed by atoms with Crippen LogP contribution in [0.25, 0.3) is 5.69 Å². The van der Waals surface area contributed by atoms with Crippen LogP contribution in [0.5, 0.6) is 0 Å². The number of benzene rings is 2. The molecule has 8 nitrogen and oxygen atoms in total. The molecule has 0 aliphatic carbocycles. The van der Waals surface area contributed by atoms with Crippen LogP contribution < -0.4 is 10.5 Å². The number of nitrogens with two attached hydrogens (primary N) is 1. The Hall–Kier alpha value is -2.69. The van der Waals surface area contributed by atoms with Crippen LogP contribution in [0.4, 0.5) is 0 Å². The van der Waals surface area contributed by atoms with Gasteiger partial charge in [0.05, 0.1) is 10.6 Å². The predicted octanol–water partition coefficient (Wildman–Crippen LogP) is 1.37. The second kappa shape index (κ2) is 9.00. The topological polar surface area (TPSA) is 120 Å². The maximum Gasteiger partial charge on any atom is 0.238 e. The Bertz CT molecular complexity index is 1030. The number of carbonyl (C=O) groups is 1. The van der Waals surface area contributed by atoms with Crippen LogP contribution >= 0.6 is 11.8 Å². The highest BCUT2D eigenvalue weighted by atomic mass is 32.2. The van der Waals surface area contributed by atoms with Gasteiger partial charge in [-0.3, -0.25) is 9.36 Å². The maximum absolute atomic E-state index is 12.1. The number of thioether (sulfide) groups is 1. The van der Waals surface area contributed by atoms with Crippen molar-refractivity contribution in [3.8, 4) is 5.69 Å². The number of sulfonamides is 1. The molecule has 0 saturated carbocycles. The third-order valence-corrected chi connectivity index (χ3v) is 5.74. The predicted molar refractivity (Wildman–Crippen MR) is 107 cm³/mol. The molecular weight excluding hydrogens is 398 g/mol. The van der Waals surface area contributed by atoms with Gasteiger partial charge in [0, 0.05) is 12.2 Å². The zero-order valence-corrected chi connectivity index (χ0v) is 16.5. The molecule has 146 valence electrons. The minimum Gasteiger partial charge on any atom is -0.355 e. The molecule has 3 rings (SSSR count). The van der Waals surface area contributed by atoms with Crippen LogP contribution in [0.3, 0.4) is 0 Å². The molecule has 2 aromatic carbocycles. The van der Waals surface area contributed by atoms with E-state index < -0.39 is 10.0 Å². The van der Waals surface area contributed by atoms with Crippen LogP contribution in [-0.2, 0) is 21.2 Å². The van der Waals surface area contributed by atoms with Gasteiger partial charge in [-0.25, -0.2) is 13.6 Å². The molecule has 0 spiro atoms. The molecule has 0 aliphatic rings. The third kappa shape index (κ3) is 5.41. The van der Waals surface area contributed by atoms with E-state index >= 15 is 0 Å². The molecule has 0 radical (unpaired) electrons. The highest BCUT2D eigenvalue weighted by Gasteiger charge is 2.10. The first-order valence-electron chi connectivity index (χ1n) is 8.40. The van der Waals surface area contributed by atoms with Crippen LogP contribution in [0.1, 0.15) is 5.56 Å². The number of primary sulfonamides is 1. The summed E-state index contributed by atoms with van der Waals surface area (Å²) < 4.78 is 24.3. The third-order valence-electron chi connectivity index (χ3n) is 3.87. The molecule has 0 bridgehead atoms. The Morgan fingerprint density at radius 1 is 1.11 bits per heavy atom. The van der Waals surface area contributed by atoms with E-state index in [1.54, 1.807) is 18.5 Å². The molecule has 0 unspecified atom stereocenters. The number of para-hydroxylation sites is 1. The highest BCUT2D eigenvalue weighted by Crippen LogP contribution is 2.18. The molecule has 1 heterocycles. The Kier molecular flexibility index (Phi) is 6.45.